The van der Waals surface area contributed by atoms with Crippen LogP contribution < -0.4 is 5.73 Å². The second-order valence-electron chi connectivity index (χ2n) is 2.96. The lowest BCUT2D eigenvalue weighted by atomic mass is 10.1. The molecule has 0 saturated heterocycles. The zero-order valence-electron chi connectivity index (χ0n) is 8.11. The van der Waals surface area contributed by atoms with Crippen molar-refractivity contribution in [1.29, 1.82) is 0 Å². The number of nitro groups is 1. The summed E-state index contributed by atoms with van der Waals surface area (Å²) >= 11 is 0. The molecule has 8 heteroatoms. The van der Waals surface area contributed by atoms with Gasteiger partial charge in [0.1, 0.15) is 5.56 Å². The van der Waals surface area contributed by atoms with E-state index in [1.165, 1.54) is 6.92 Å². The Morgan fingerprint density at radius 2 is 2.19 bits per heavy atom. The number of nitrogens with zero attached hydrogens (tertiary/aromatic N) is 2. The van der Waals surface area contributed by atoms with Gasteiger partial charge < -0.3 is 15.8 Å². The number of aromatic nitrogens is 1. The molecule has 1 amide bonds. The first kappa shape index (κ1) is 12.0. The first-order valence-electron chi connectivity index (χ1n) is 4.08. The molecular formula is C8H7F2N3O3. The predicted molar refractivity (Wildman–Crippen MR) is 49.1 cm³/mol. The van der Waals surface area contributed by atoms with E-state index in [1.54, 1.807) is 0 Å². The normalized spacial score (nSPS) is 10.5. The van der Waals surface area contributed by atoms with Crippen molar-refractivity contribution in [2.45, 2.75) is 13.3 Å². The highest BCUT2D eigenvalue weighted by atomic mass is 19.3. The van der Waals surface area contributed by atoms with Crippen molar-refractivity contribution in [3.63, 3.8) is 0 Å². The number of primary amides is 1. The standard InChI is InChI=1S/C8H7F2N3O3/c1-3-4(6(9)10)2-5(7(11)14)8(12-3)13(15)16/h2,6H,1H3,(H2,11,14). The number of carbonyl (C=O) groups is 1. The molecule has 86 valence electrons. The van der Waals surface area contributed by atoms with Crippen molar-refractivity contribution in [3.05, 3.63) is 33.0 Å². The Morgan fingerprint density at radius 3 is 2.56 bits per heavy atom. The van der Waals surface area contributed by atoms with Gasteiger partial charge in [0, 0.05) is 6.92 Å². The van der Waals surface area contributed by atoms with Crippen LogP contribution in [0.2, 0.25) is 0 Å². The Morgan fingerprint density at radius 1 is 1.62 bits per heavy atom. The number of aryl methyl sites for hydroxylation is 1. The van der Waals surface area contributed by atoms with Crippen LogP contribution in [-0.2, 0) is 0 Å². The molecular weight excluding hydrogens is 224 g/mol. The van der Waals surface area contributed by atoms with Crippen molar-refractivity contribution < 1.29 is 18.5 Å². The van der Waals surface area contributed by atoms with E-state index in [9.17, 15) is 23.7 Å². The molecule has 0 spiro atoms. The van der Waals surface area contributed by atoms with Crippen LogP contribution in [0.1, 0.15) is 28.0 Å². The summed E-state index contributed by atoms with van der Waals surface area (Å²) < 4.78 is 24.9. The van der Waals surface area contributed by atoms with Gasteiger partial charge in [-0.3, -0.25) is 4.79 Å². The Bertz CT molecular complexity index is 462. The van der Waals surface area contributed by atoms with Crippen molar-refractivity contribution in [2.24, 2.45) is 5.73 Å². The van der Waals surface area contributed by atoms with E-state index < -0.39 is 34.2 Å². The van der Waals surface area contributed by atoms with Crippen molar-refractivity contribution in [3.8, 4) is 0 Å². The smallest absolute Gasteiger partial charge is 0.365 e. The summed E-state index contributed by atoms with van der Waals surface area (Å²) in [5.41, 5.74) is 3.48. The topological polar surface area (TPSA) is 99.1 Å². The Labute approximate surface area is 88.2 Å². The molecule has 1 aromatic heterocycles. The minimum atomic E-state index is -2.87. The van der Waals surface area contributed by atoms with E-state index in [-0.39, 0.29) is 5.69 Å². The monoisotopic (exact) mass is 231 g/mol. The maximum Gasteiger partial charge on any atom is 0.376 e. The molecule has 0 aliphatic carbocycles. The molecule has 0 aliphatic heterocycles. The lowest BCUT2D eigenvalue weighted by Gasteiger charge is -2.04. The highest BCUT2D eigenvalue weighted by molar-refractivity contribution is 5.96. The fourth-order valence-electron chi connectivity index (χ4n) is 1.15. The van der Waals surface area contributed by atoms with Crippen LogP contribution in [-0.4, -0.2) is 15.8 Å². The van der Waals surface area contributed by atoms with Crippen molar-refractivity contribution >= 4 is 11.7 Å². The minimum absolute atomic E-state index is 0.202. The quantitative estimate of drug-likeness (QED) is 0.626. The summed E-state index contributed by atoms with van der Waals surface area (Å²) in [5.74, 6) is -1.98. The minimum Gasteiger partial charge on any atom is -0.365 e. The van der Waals surface area contributed by atoms with Crippen molar-refractivity contribution in [1.82, 2.24) is 4.98 Å². The molecule has 16 heavy (non-hydrogen) atoms. The second kappa shape index (κ2) is 4.17. The largest absolute Gasteiger partial charge is 0.376 e. The van der Waals surface area contributed by atoms with E-state index in [4.69, 9.17) is 5.73 Å². The average molecular weight is 231 g/mol. The number of carbonyl (C=O) groups excluding carboxylic acids is 1. The summed E-state index contributed by atoms with van der Waals surface area (Å²) in [7, 11) is 0. The number of alkyl halides is 2. The summed E-state index contributed by atoms with van der Waals surface area (Å²) in [4.78, 5) is 23.7. The van der Waals surface area contributed by atoms with Crippen LogP contribution in [0.4, 0.5) is 14.6 Å². The zero-order valence-corrected chi connectivity index (χ0v) is 8.11. The van der Waals surface area contributed by atoms with Gasteiger partial charge in [-0.2, -0.15) is 0 Å². The van der Waals surface area contributed by atoms with Gasteiger partial charge in [0.2, 0.25) is 0 Å². The Hall–Kier alpha value is -2.12. The third kappa shape index (κ3) is 2.10. The summed E-state index contributed by atoms with van der Waals surface area (Å²) in [5, 5.41) is 10.5. The van der Waals surface area contributed by atoms with Gasteiger partial charge >= 0.3 is 5.82 Å². The van der Waals surface area contributed by atoms with E-state index in [1.807, 2.05) is 0 Å². The number of rotatable bonds is 3. The molecule has 1 aromatic rings. The highest BCUT2D eigenvalue weighted by Crippen LogP contribution is 2.26. The summed E-state index contributed by atoms with van der Waals surface area (Å²) in [6.45, 7) is 1.19. The van der Waals surface area contributed by atoms with Crippen LogP contribution in [0.25, 0.3) is 0 Å². The average Bonchev–Trinajstić information content (AvgIpc) is 2.15. The molecule has 0 radical (unpaired) electrons. The predicted octanol–water partition coefficient (Wildman–Crippen LogP) is 1.33. The molecule has 0 fully saturated rings. The fraction of sp³-hybridized carbons (Fsp3) is 0.250. The van der Waals surface area contributed by atoms with Crippen LogP contribution >= 0.6 is 0 Å². The van der Waals surface area contributed by atoms with Crippen LogP contribution in [0.15, 0.2) is 6.07 Å². The molecule has 2 N–H and O–H groups in total. The lowest BCUT2D eigenvalue weighted by Crippen LogP contribution is -2.16. The first-order chi connectivity index (χ1) is 7.34. The number of nitrogens with two attached hydrogens (primary N) is 1. The fourth-order valence-corrected chi connectivity index (χ4v) is 1.15. The van der Waals surface area contributed by atoms with Gasteiger partial charge in [-0.1, -0.05) is 0 Å². The number of hydrogen-bond acceptors (Lipinski definition) is 4. The molecule has 0 aliphatic rings. The number of hydrogen-bond donors (Lipinski definition) is 1. The molecule has 1 rings (SSSR count). The summed E-state index contributed by atoms with van der Waals surface area (Å²) in [6.07, 6.45) is -2.87. The number of amides is 1. The Balaban J connectivity index is 3.49. The van der Waals surface area contributed by atoms with E-state index in [2.05, 4.69) is 4.98 Å². The SMILES string of the molecule is Cc1nc([N+](=O)[O-])c(C(N)=O)cc1C(F)F. The Kier molecular flexibility index (Phi) is 3.11. The molecule has 0 saturated carbocycles. The van der Waals surface area contributed by atoms with E-state index >= 15 is 0 Å². The van der Waals surface area contributed by atoms with E-state index in [0.717, 1.165) is 0 Å². The highest BCUT2D eigenvalue weighted by Gasteiger charge is 2.26. The third-order valence-corrected chi connectivity index (χ3v) is 1.91. The molecule has 1 heterocycles. The zero-order chi connectivity index (χ0) is 12.5. The van der Waals surface area contributed by atoms with E-state index in [0.29, 0.717) is 6.07 Å². The van der Waals surface area contributed by atoms with Gasteiger partial charge in [-0.05, 0) is 16.0 Å². The lowest BCUT2D eigenvalue weighted by molar-refractivity contribution is -0.389. The van der Waals surface area contributed by atoms with Gasteiger partial charge in [-0.15, -0.1) is 0 Å². The second-order valence-corrected chi connectivity index (χ2v) is 2.96. The molecule has 0 aromatic carbocycles. The maximum atomic E-state index is 12.4. The third-order valence-electron chi connectivity index (χ3n) is 1.91. The molecule has 0 bridgehead atoms. The maximum absolute atomic E-state index is 12.4. The van der Waals surface area contributed by atoms with Crippen LogP contribution in [0, 0.1) is 17.0 Å². The molecule has 6 nitrogen and oxygen atoms in total. The van der Waals surface area contributed by atoms with Gasteiger partial charge in [0.25, 0.3) is 12.3 Å². The number of halogens is 2. The number of pyridine rings is 1. The molecule has 0 unspecified atom stereocenters. The first-order valence-corrected chi connectivity index (χ1v) is 4.08. The van der Waals surface area contributed by atoms with Gasteiger partial charge in [0.05, 0.1) is 5.56 Å². The van der Waals surface area contributed by atoms with Crippen molar-refractivity contribution in [2.75, 3.05) is 0 Å². The molecule has 0 atom stereocenters. The van der Waals surface area contributed by atoms with Gasteiger partial charge in [-0.25, -0.2) is 8.78 Å². The summed E-state index contributed by atoms with van der Waals surface area (Å²) in [6, 6.07) is 0.702. The van der Waals surface area contributed by atoms with Crippen LogP contribution in [0.3, 0.4) is 0 Å². The van der Waals surface area contributed by atoms with Gasteiger partial charge in [0.15, 0.2) is 5.69 Å². The van der Waals surface area contributed by atoms with Crippen LogP contribution in [0.5, 0.6) is 0 Å².